The molecule has 6 aliphatic rings. The van der Waals surface area contributed by atoms with E-state index in [0.717, 1.165) is 23.1 Å². The fourth-order valence-corrected chi connectivity index (χ4v) is 12.7. The van der Waals surface area contributed by atoms with Gasteiger partial charge in [-0.1, -0.05) is 97.0 Å². The minimum Gasteiger partial charge on any atom is -0.495 e. The maximum Gasteiger partial charge on any atom is 0.409 e. The number of nitrogens with zero attached hydrogens (tertiary/aromatic N) is 3. The number of allylic oxidation sites excluding steroid dienone is 11. The molecule has 440 valence electrons. The molecule has 9 atom stereocenters. The van der Waals surface area contributed by atoms with Crippen LogP contribution in [0.3, 0.4) is 0 Å². The first-order chi connectivity index (χ1) is 38.4. The lowest BCUT2D eigenvalue weighted by molar-refractivity contribution is -0.162. The van der Waals surface area contributed by atoms with E-state index in [-0.39, 0.29) is 72.6 Å². The number of epoxide rings is 1. The van der Waals surface area contributed by atoms with Crippen LogP contribution in [0.2, 0.25) is 5.02 Å². The molecule has 1 aromatic rings. The number of aliphatic hydroxyl groups is 1. The molecule has 0 spiro atoms. The average molecular weight is 1160 g/mol. The first kappa shape index (κ1) is 62.6. The van der Waals surface area contributed by atoms with Gasteiger partial charge in [-0.05, 0) is 102 Å². The van der Waals surface area contributed by atoms with E-state index in [2.05, 4.69) is 22.8 Å². The summed E-state index contributed by atoms with van der Waals surface area (Å²) in [5.41, 5.74) is -0.821. The van der Waals surface area contributed by atoms with Crippen LogP contribution in [0, 0.1) is 17.8 Å². The van der Waals surface area contributed by atoms with E-state index in [1.165, 1.54) is 54.7 Å². The summed E-state index contributed by atoms with van der Waals surface area (Å²) < 4.78 is 29.6. The maximum absolute atomic E-state index is 14.4. The van der Waals surface area contributed by atoms with Gasteiger partial charge in [0.2, 0.25) is 29.5 Å². The largest absolute Gasteiger partial charge is 0.495 e. The quantitative estimate of drug-likeness (QED) is 0.0912. The van der Waals surface area contributed by atoms with Crippen molar-refractivity contribution in [1.29, 1.82) is 0 Å². The van der Waals surface area contributed by atoms with Crippen LogP contribution in [-0.2, 0) is 54.1 Å². The number of likely N-dealkylation sites (N-methyl/N-ethyl adjacent to an activating group) is 1. The predicted molar refractivity (Wildman–Crippen MR) is 310 cm³/mol. The summed E-state index contributed by atoms with van der Waals surface area (Å²) in [5.74, 6) is -2.47. The Bertz CT molecular complexity index is 2780. The molecule has 7 rings (SSSR count). The highest BCUT2D eigenvalue weighted by Crippen LogP contribution is 2.49. The number of thioether (sulfide) groups is 1. The van der Waals surface area contributed by atoms with Crippen LogP contribution in [0.4, 0.5) is 10.5 Å². The van der Waals surface area contributed by atoms with Crippen molar-refractivity contribution in [3.63, 3.8) is 0 Å². The second-order valence-electron chi connectivity index (χ2n) is 22.8. The number of likely N-dealkylation sites (tertiary alicyclic amines) is 1. The molecule has 0 aromatic heterocycles. The van der Waals surface area contributed by atoms with Gasteiger partial charge in [0.05, 0.1) is 36.1 Å². The second-order valence-corrected chi connectivity index (χ2v) is 24.5. The van der Waals surface area contributed by atoms with E-state index in [4.69, 9.17) is 35.3 Å². The van der Waals surface area contributed by atoms with Crippen LogP contribution < -0.4 is 20.3 Å². The molecular formula is C61H80ClN5O13S. The summed E-state index contributed by atoms with van der Waals surface area (Å²) in [7, 11) is 5.91. The second kappa shape index (κ2) is 26.9. The van der Waals surface area contributed by atoms with Crippen LogP contribution in [0.5, 0.6) is 5.75 Å². The number of nitrogens with one attached hydrogen (secondary N) is 2. The number of fused-ring (bicyclic) bond motifs is 5. The standard InChI is InChI=1S/C61H80ClN5O13S/c1-37-20-19-23-48(77-10)61(75)35-46(78-58(74)64-61)38(2)54-60(6,80-54)49(34-51(69)66(8)44-31-41(30-37)32-45(76-9)53(44)62)79-57(73)39(3)65(7)50(68)28-29-81-47-33-52(70)67(56(47)72)36-40-24-26-42(27-25-40)55(71)63-59(4,5)43-21-17-15-13-11-12-14-16-18-22-43/h11,13-23,31-32,38-40,42,46-49,54,75H,12,24-30,33-36H2,1-10H3,(H,63,71)(H,64,74). The van der Waals surface area contributed by atoms with Crippen molar-refractivity contribution in [1.82, 2.24) is 20.4 Å². The number of ether oxygens (including phenoxy) is 5. The monoisotopic (exact) mass is 1160 g/mol. The van der Waals surface area contributed by atoms with Gasteiger partial charge in [-0.25, -0.2) is 9.59 Å². The molecule has 3 N–H and O–H groups in total. The van der Waals surface area contributed by atoms with E-state index in [0.29, 0.717) is 43.5 Å². The minimum atomic E-state index is -1.88. The lowest BCUT2D eigenvalue weighted by atomic mass is 9.80. The molecule has 4 heterocycles. The summed E-state index contributed by atoms with van der Waals surface area (Å²) in [6, 6.07) is 2.41. The number of carbonyl (C=O) groups is 7. The van der Waals surface area contributed by atoms with Crippen LogP contribution in [0.15, 0.2) is 96.2 Å². The SMILES string of the molecule is COc1cc2cc(c1Cl)N(C)C(=O)CC(OC(=O)C(C)N(C)C(=O)CCSC1CC(=O)N(CC3CCC(C(=O)NC(C)(C)C4=CC=CC=CCC=CC=C4)CC3)C1=O)C1(C)OC1C(C)C1CC(O)(NC(=O)O1)C(OC)C=CC=C(C)C2. The number of imide groups is 1. The molecule has 4 bridgehead atoms. The Balaban J connectivity index is 0.956. The molecule has 20 heteroatoms. The zero-order chi connectivity index (χ0) is 59.0. The summed E-state index contributed by atoms with van der Waals surface area (Å²) in [4.78, 5) is 99.9. The van der Waals surface area contributed by atoms with Crippen LogP contribution in [0.1, 0.15) is 105 Å². The molecule has 4 aliphatic heterocycles. The number of anilines is 1. The Hall–Kier alpha value is -5.99. The van der Waals surface area contributed by atoms with Crippen molar-refractivity contribution in [2.75, 3.05) is 45.5 Å². The van der Waals surface area contributed by atoms with E-state index in [1.54, 1.807) is 45.2 Å². The Morgan fingerprint density at radius 2 is 1.72 bits per heavy atom. The summed E-state index contributed by atoms with van der Waals surface area (Å²) in [6.45, 7) is 11.1. The van der Waals surface area contributed by atoms with Gasteiger partial charge in [-0.15, -0.1) is 11.8 Å². The third kappa shape index (κ3) is 15.2. The number of halogens is 1. The lowest BCUT2D eigenvalue weighted by Gasteiger charge is -2.42. The molecule has 81 heavy (non-hydrogen) atoms. The molecular weight excluding hydrogens is 1080 g/mol. The highest BCUT2D eigenvalue weighted by molar-refractivity contribution is 8.00. The fraction of sp³-hybridized carbons (Fsp3) is 0.557. The Morgan fingerprint density at radius 1 is 1.00 bits per heavy atom. The van der Waals surface area contributed by atoms with Crippen molar-refractivity contribution in [3.05, 3.63) is 107 Å². The smallest absolute Gasteiger partial charge is 0.409 e. The van der Waals surface area contributed by atoms with Crippen molar-refractivity contribution >= 4 is 70.6 Å². The third-order valence-corrected chi connectivity index (χ3v) is 18.2. The Kier molecular flexibility index (Phi) is 20.8. The fourth-order valence-electron chi connectivity index (χ4n) is 11.3. The van der Waals surface area contributed by atoms with E-state index in [9.17, 15) is 38.7 Å². The predicted octanol–water partition coefficient (Wildman–Crippen LogP) is 8.02. The van der Waals surface area contributed by atoms with Gasteiger partial charge in [0.25, 0.3) is 0 Å². The van der Waals surface area contributed by atoms with Gasteiger partial charge < -0.3 is 43.9 Å². The number of carbonyl (C=O) groups excluding carboxylic acids is 7. The topological polar surface area (TPSA) is 223 Å². The molecule has 6 amide bonds. The lowest BCUT2D eigenvalue weighted by Crippen LogP contribution is -2.63. The van der Waals surface area contributed by atoms with E-state index < -0.39 is 82.4 Å². The van der Waals surface area contributed by atoms with E-state index >= 15 is 0 Å². The highest BCUT2D eigenvalue weighted by Gasteiger charge is 2.64. The maximum atomic E-state index is 14.4. The summed E-state index contributed by atoms with van der Waals surface area (Å²) >= 11 is 8.07. The molecule has 3 saturated heterocycles. The van der Waals surface area contributed by atoms with Crippen molar-refractivity contribution < 1.29 is 62.4 Å². The minimum absolute atomic E-state index is 0.0125. The number of benzene rings is 1. The van der Waals surface area contributed by atoms with E-state index in [1.807, 2.05) is 69.4 Å². The van der Waals surface area contributed by atoms with Gasteiger partial charge in [0.15, 0.2) is 5.72 Å². The molecule has 2 aliphatic carbocycles. The number of methoxy groups -OCH3 is 2. The third-order valence-electron chi connectivity index (χ3n) is 16.6. The number of esters is 1. The average Bonchev–Trinajstić information content (AvgIpc) is 4.16. The first-order valence-corrected chi connectivity index (χ1v) is 29.3. The number of hydrogen-bond donors (Lipinski definition) is 3. The molecule has 1 saturated carbocycles. The van der Waals surface area contributed by atoms with Crippen LogP contribution in [0.25, 0.3) is 0 Å². The van der Waals surface area contributed by atoms with Crippen molar-refractivity contribution in [3.8, 4) is 5.75 Å². The normalized spacial score (nSPS) is 29.6. The molecule has 18 nitrogen and oxygen atoms in total. The Labute approximate surface area is 485 Å². The molecule has 1 aromatic carbocycles. The molecule has 0 radical (unpaired) electrons. The Morgan fingerprint density at radius 3 is 2.42 bits per heavy atom. The highest BCUT2D eigenvalue weighted by atomic mass is 35.5. The van der Waals surface area contributed by atoms with Crippen LogP contribution >= 0.6 is 23.4 Å². The zero-order valence-electron chi connectivity index (χ0n) is 48.2. The molecule has 9 unspecified atom stereocenters. The zero-order valence-corrected chi connectivity index (χ0v) is 49.8. The van der Waals surface area contributed by atoms with Gasteiger partial charge in [0.1, 0.15) is 40.7 Å². The van der Waals surface area contributed by atoms with Crippen molar-refractivity contribution in [2.45, 2.75) is 158 Å². The van der Waals surface area contributed by atoms with Crippen molar-refractivity contribution in [2.24, 2.45) is 17.8 Å². The van der Waals surface area contributed by atoms with Gasteiger partial charge in [-0.3, -0.25) is 34.2 Å². The number of amides is 6. The van der Waals surface area contributed by atoms with Crippen LogP contribution in [-0.4, -0.2) is 150 Å². The van der Waals surface area contributed by atoms with Gasteiger partial charge >= 0.3 is 12.1 Å². The van der Waals surface area contributed by atoms with Gasteiger partial charge in [-0.2, -0.15) is 0 Å². The summed E-state index contributed by atoms with van der Waals surface area (Å²) in [6.07, 6.45) is 22.0. The first-order valence-electron chi connectivity index (χ1n) is 27.9. The van der Waals surface area contributed by atoms with Gasteiger partial charge in [0, 0.05) is 64.6 Å². The summed E-state index contributed by atoms with van der Waals surface area (Å²) in [5, 5.41) is 17.2. The number of alkyl carbamates (subject to hydrolysis) is 1. The number of hydrogen-bond acceptors (Lipinski definition) is 14. The molecule has 4 fully saturated rings. The number of rotatable bonds is 14.